The smallest absolute Gasteiger partial charge is 0.411 e. The number of piperidine rings is 2. The highest BCUT2D eigenvalue weighted by Crippen LogP contribution is 2.32. The van der Waals surface area contributed by atoms with E-state index in [2.05, 4.69) is 10.2 Å². The van der Waals surface area contributed by atoms with E-state index in [1.807, 2.05) is 41.0 Å². The molecule has 1 unspecified atom stereocenters. The lowest BCUT2D eigenvalue weighted by atomic mass is 9.82. The predicted octanol–water partition coefficient (Wildman–Crippen LogP) is 5.86. The minimum atomic E-state index is -0.787. The zero-order chi connectivity index (χ0) is 45.8. The number of piperazine rings is 1. The molecule has 64 heavy (non-hydrogen) atoms. The third kappa shape index (κ3) is 13.8. The molecule has 352 valence electrons. The first kappa shape index (κ1) is 48.6. The van der Waals surface area contributed by atoms with E-state index in [-0.39, 0.29) is 49.2 Å². The molecule has 2 atom stereocenters. The molecule has 15 nitrogen and oxygen atoms in total. The van der Waals surface area contributed by atoms with Crippen LogP contribution in [-0.4, -0.2) is 157 Å². The van der Waals surface area contributed by atoms with Crippen LogP contribution in [0.5, 0.6) is 11.5 Å². The van der Waals surface area contributed by atoms with Crippen molar-refractivity contribution in [3.8, 4) is 11.5 Å². The maximum absolute atomic E-state index is 14.3. The topological polar surface area (TPSA) is 161 Å². The zero-order valence-corrected chi connectivity index (χ0v) is 38.9. The van der Waals surface area contributed by atoms with Crippen molar-refractivity contribution in [3.63, 3.8) is 0 Å². The van der Waals surface area contributed by atoms with Gasteiger partial charge in [0.05, 0.1) is 26.8 Å². The van der Waals surface area contributed by atoms with Crippen LogP contribution in [0.15, 0.2) is 42.5 Å². The first-order chi connectivity index (χ1) is 30.7. The molecular formula is C49H72N6O9. The number of likely N-dealkylation sites (tertiary alicyclic amines) is 2. The molecule has 0 radical (unpaired) electrons. The highest BCUT2D eigenvalue weighted by Gasteiger charge is 2.37. The number of hydrogen-bond donors (Lipinski definition) is 2. The van der Waals surface area contributed by atoms with E-state index in [0.717, 1.165) is 102 Å². The van der Waals surface area contributed by atoms with E-state index in [0.29, 0.717) is 55.8 Å². The second-order valence-corrected chi connectivity index (χ2v) is 19.1. The molecule has 4 amide bonds. The summed E-state index contributed by atoms with van der Waals surface area (Å²) in [7, 11) is 1.58. The van der Waals surface area contributed by atoms with Crippen LogP contribution in [0.2, 0.25) is 0 Å². The summed E-state index contributed by atoms with van der Waals surface area (Å²) in [6.07, 6.45) is 7.88. The predicted molar refractivity (Wildman–Crippen MR) is 243 cm³/mol. The second-order valence-electron chi connectivity index (χ2n) is 19.1. The molecule has 0 bridgehead atoms. The number of carboxylic acids is 1. The van der Waals surface area contributed by atoms with Crippen LogP contribution < -0.4 is 14.8 Å². The second kappa shape index (κ2) is 22.8. The number of hydrogen-bond acceptors (Lipinski definition) is 10. The minimum Gasteiger partial charge on any atom is -0.497 e. The van der Waals surface area contributed by atoms with Crippen LogP contribution in [0, 0.1) is 11.8 Å². The number of nitrogens with one attached hydrogen (secondary N) is 1. The van der Waals surface area contributed by atoms with Crippen LogP contribution in [0.25, 0.3) is 0 Å². The van der Waals surface area contributed by atoms with E-state index in [1.54, 1.807) is 51.0 Å². The lowest BCUT2D eigenvalue weighted by Crippen LogP contribution is -2.55. The Hall–Kier alpha value is -4.89. The standard InChI is InChI=1S/C49H72N6O9/c1-6-63-42-29-41(62-5)18-17-40(42)32-55(48(61)64-49(2,3)4)33-43(56)54-21-11-16-39(31-54)37-14-10-15-38(28-37)46(59)50-45(36-12-8-7-9-13-36)47(60)53-22-19-35(20-23-53)30-51-24-26-52(27-25-51)34-44(57)58/h10,14-15,17-18,28-29,35-36,39,45H,6-9,11-13,16,19-27,30-34H2,1-5H3,(H,50,59)(H,57,58)/t39?,45-/m1/s1. The molecule has 2 aromatic rings. The van der Waals surface area contributed by atoms with E-state index in [4.69, 9.17) is 19.3 Å². The number of carboxylic acid groups (broad SMARTS) is 1. The molecule has 3 aliphatic heterocycles. The molecular weight excluding hydrogens is 817 g/mol. The van der Waals surface area contributed by atoms with Crippen LogP contribution >= 0.6 is 0 Å². The van der Waals surface area contributed by atoms with Crippen molar-refractivity contribution < 1.29 is 43.3 Å². The Balaban J connectivity index is 1.08. The monoisotopic (exact) mass is 889 g/mol. The largest absolute Gasteiger partial charge is 0.497 e. The Kier molecular flexibility index (Phi) is 17.3. The van der Waals surface area contributed by atoms with Crippen LogP contribution in [0.4, 0.5) is 4.79 Å². The van der Waals surface area contributed by atoms with Gasteiger partial charge in [-0.2, -0.15) is 0 Å². The Morgan fingerprint density at radius 3 is 2.23 bits per heavy atom. The Bertz CT molecular complexity index is 1900. The average molecular weight is 889 g/mol. The van der Waals surface area contributed by atoms with E-state index < -0.39 is 23.7 Å². The number of benzene rings is 2. The normalized spacial score (nSPS) is 20.0. The van der Waals surface area contributed by atoms with Gasteiger partial charge in [0, 0.05) is 82.0 Å². The van der Waals surface area contributed by atoms with Crippen molar-refractivity contribution in [3.05, 3.63) is 59.2 Å². The molecule has 4 fully saturated rings. The van der Waals surface area contributed by atoms with E-state index >= 15 is 0 Å². The number of carbonyl (C=O) groups excluding carboxylic acids is 4. The number of carbonyl (C=O) groups is 5. The zero-order valence-electron chi connectivity index (χ0n) is 38.9. The fourth-order valence-corrected chi connectivity index (χ4v) is 9.76. The van der Waals surface area contributed by atoms with Crippen molar-refractivity contribution in [2.75, 3.05) is 85.7 Å². The molecule has 0 aromatic heterocycles. The van der Waals surface area contributed by atoms with Gasteiger partial charge in [-0.1, -0.05) is 31.4 Å². The van der Waals surface area contributed by atoms with Gasteiger partial charge in [0.2, 0.25) is 11.8 Å². The van der Waals surface area contributed by atoms with Gasteiger partial charge in [0.15, 0.2) is 0 Å². The van der Waals surface area contributed by atoms with Crippen LogP contribution in [0.1, 0.15) is 113 Å². The number of rotatable bonds is 16. The minimum absolute atomic E-state index is 0.0140. The molecule has 1 saturated carbocycles. The number of ether oxygens (including phenoxy) is 3. The molecule has 2 aromatic carbocycles. The van der Waals surface area contributed by atoms with Gasteiger partial charge in [-0.15, -0.1) is 0 Å². The molecule has 3 saturated heterocycles. The van der Waals surface area contributed by atoms with Gasteiger partial charge >= 0.3 is 12.1 Å². The Morgan fingerprint density at radius 2 is 1.56 bits per heavy atom. The van der Waals surface area contributed by atoms with Gasteiger partial charge in [0.25, 0.3) is 5.91 Å². The number of amides is 4. The van der Waals surface area contributed by atoms with Crippen molar-refractivity contribution in [2.45, 2.75) is 110 Å². The number of aliphatic carboxylic acids is 1. The average Bonchev–Trinajstić information content (AvgIpc) is 3.28. The first-order valence-corrected chi connectivity index (χ1v) is 23.6. The van der Waals surface area contributed by atoms with E-state index in [9.17, 15) is 24.0 Å². The molecule has 0 spiro atoms. The summed E-state index contributed by atoms with van der Waals surface area (Å²) in [4.78, 5) is 76.8. The van der Waals surface area contributed by atoms with Gasteiger partial charge in [-0.25, -0.2) is 4.79 Å². The van der Waals surface area contributed by atoms with Gasteiger partial charge < -0.3 is 39.3 Å². The fourth-order valence-electron chi connectivity index (χ4n) is 9.76. The molecule has 6 rings (SSSR count). The molecule has 4 aliphatic rings. The van der Waals surface area contributed by atoms with Crippen LogP contribution in [0.3, 0.4) is 0 Å². The first-order valence-electron chi connectivity index (χ1n) is 23.6. The Labute approximate surface area is 379 Å². The van der Waals surface area contributed by atoms with Crippen molar-refractivity contribution in [2.24, 2.45) is 11.8 Å². The fraction of sp³-hybridized carbons (Fsp3) is 0.653. The summed E-state index contributed by atoms with van der Waals surface area (Å²) in [6.45, 7) is 14.2. The molecule has 3 heterocycles. The van der Waals surface area contributed by atoms with Gasteiger partial charge in [0.1, 0.15) is 29.7 Å². The number of methoxy groups -OCH3 is 1. The van der Waals surface area contributed by atoms with Crippen molar-refractivity contribution >= 4 is 29.8 Å². The molecule has 1 aliphatic carbocycles. The summed E-state index contributed by atoms with van der Waals surface area (Å²) in [5.74, 6) is 0.512. The van der Waals surface area contributed by atoms with Crippen molar-refractivity contribution in [1.82, 2.24) is 29.8 Å². The van der Waals surface area contributed by atoms with E-state index in [1.165, 1.54) is 4.90 Å². The third-order valence-electron chi connectivity index (χ3n) is 13.2. The quantitative estimate of drug-likeness (QED) is 0.208. The van der Waals surface area contributed by atoms with Gasteiger partial charge in [-0.05, 0) is 108 Å². The highest BCUT2D eigenvalue weighted by molar-refractivity contribution is 5.98. The summed E-state index contributed by atoms with van der Waals surface area (Å²) < 4.78 is 17.0. The molecule has 2 N–H and O–H groups in total. The summed E-state index contributed by atoms with van der Waals surface area (Å²) >= 11 is 0. The third-order valence-corrected chi connectivity index (χ3v) is 13.2. The van der Waals surface area contributed by atoms with Gasteiger partial charge in [-0.3, -0.25) is 29.0 Å². The summed E-state index contributed by atoms with van der Waals surface area (Å²) in [6, 6.07) is 12.4. The SMILES string of the molecule is CCOc1cc(OC)ccc1CN(CC(=O)N1CCCC(c2cccc(C(=O)N[C@@H](C(=O)N3CCC(CN4CCN(CC(=O)O)CC4)CC3)C3CCCCC3)c2)C1)C(=O)OC(C)(C)C. The summed E-state index contributed by atoms with van der Waals surface area (Å²) in [5.41, 5.74) is 1.42. The number of nitrogens with zero attached hydrogens (tertiary/aromatic N) is 5. The van der Waals surface area contributed by atoms with Crippen LogP contribution in [-0.2, 0) is 25.7 Å². The summed E-state index contributed by atoms with van der Waals surface area (Å²) in [5, 5.41) is 12.4. The Morgan fingerprint density at radius 1 is 0.844 bits per heavy atom. The molecule has 15 heteroatoms. The lowest BCUT2D eigenvalue weighted by molar-refractivity contribution is -0.139. The van der Waals surface area contributed by atoms with Crippen molar-refractivity contribution in [1.29, 1.82) is 0 Å². The maximum Gasteiger partial charge on any atom is 0.411 e. The highest BCUT2D eigenvalue weighted by atomic mass is 16.6. The lowest BCUT2D eigenvalue weighted by Gasteiger charge is -2.40. The maximum atomic E-state index is 14.3.